The predicted molar refractivity (Wildman–Crippen MR) is 108 cm³/mol. The number of phenols is 2. The van der Waals surface area contributed by atoms with E-state index in [-0.39, 0.29) is 28.5 Å². The maximum absolute atomic E-state index is 11.1. The number of rotatable bonds is 4. The molecule has 0 saturated heterocycles. The third-order valence-corrected chi connectivity index (χ3v) is 4.46. The minimum Gasteiger partial charge on any atom is -0.507 e. The lowest BCUT2D eigenvalue weighted by molar-refractivity contribution is 0.0697. The van der Waals surface area contributed by atoms with Gasteiger partial charge in [-0.05, 0) is 55.0 Å². The monoisotopic (exact) mass is 388 g/mol. The second kappa shape index (κ2) is 7.12. The Balaban J connectivity index is 1.72. The van der Waals surface area contributed by atoms with Crippen LogP contribution in [0.3, 0.4) is 0 Å². The Hall–Kier alpha value is -4.13. The van der Waals surface area contributed by atoms with E-state index in [0.29, 0.717) is 22.4 Å². The second-order valence-corrected chi connectivity index (χ2v) is 6.48. The van der Waals surface area contributed by atoms with Gasteiger partial charge in [0.05, 0.1) is 16.8 Å². The molecule has 0 amide bonds. The summed E-state index contributed by atoms with van der Waals surface area (Å²) in [7, 11) is 0. The Kier molecular flexibility index (Phi) is 4.48. The van der Waals surface area contributed by atoms with Crippen LogP contribution in [0, 0.1) is 6.92 Å². The molecule has 7 nitrogen and oxygen atoms in total. The van der Waals surface area contributed by atoms with Crippen LogP contribution in [0.1, 0.15) is 21.5 Å². The SMILES string of the molecule is Cc1cccc2oc(-c3cc(N=Cc4cc(C(=O)O)ccc4O)ccc3O)nc12. The van der Waals surface area contributed by atoms with Gasteiger partial charge in [0.1, 0.15) is 17.0 Å². The first-order chi connectivity index (χ1) is 13.9. The van der Waals surface area contributed by atoms with E-state index in [4.69, 9.17) is 9.52 Å². The molecule has 0 atom stereocenters. The quantitative estimate of drug-likeness (QED) is 0.438. The number of benzene rings is 3. The highest BCUT2D eigenvalue weighted by molar-refractivity contribution is 5.93. The number of aryl methyl sites for hydroxylation is 1. The van der Waals surface area contributed by atoms with Crippen LogP contribution >= 0.6 is 0 Å². The summed E-state index contributed by atoms with van der Waals surface area (Å²) < 4.78 is 5.77. The van der Waals surface area contributed by atoms with E-state index in [0.717, 1.165) is 5.56 Å². The van der Waals surface area contributed by atoms with Gasteiger partial charge in [-0.2, -0.15) is 0 Å². The number of aliphatic imine (C=N–C) groups is 1. The summed E-state index contributed by atoms with van der Waals surface area (Å²) in [5.74, 6) is -0.937. The number of hydrogen-bond donors (Lipinski definition) is 3. The zero-order valence-corrected chi connectivity index (χ0v) is 15.3. The van der Waals surface area contributed by atoms with Gasteiger partial charge in [0.25, 0.3) is 0 Å². The first kappa shape index (κ1) is 18.2. The van der Waals surface area contributed by atoms with Crippen molar-refractivity contribution in [2.45, 2.75) is 6.92 Å². The lowest BCUT2D eigenvalue weighted by atomic mass is 10.1. The van der Waals surface area contributed by atoms with Crippen LogP contribution in [0.25, 0.3) is 22.6 Å². The van der Waals surface area contributed by atoms with E-state index in [1.165, 1.54) is 30.5 Å². The molecule has 4 aromatic rings. The van der Waals surface area contributed by atoms with E-state index >= 15 is 0 Å². The van der Waals surface area contributed by atoms with Crippen LogP contribution < -0.4 is 0 Å². The molecule has 0 unspecified atom stereocenters. The molecule has 3 N–H and O–H groups in total. The van der Waals surface area contributed by atoms with Gasteiger partial charge in [-0.1, -0.05) is 12.1 Å². The topological polar surface area (TPSA) is 116 Å². The molecule has 0 aliphatic rings. The van der Waals surface area contributed by atoms with Crippen molar-refractivity contribution in [1.82, 2.24) is 4.98 Å². The number of aromatic nitrogens is 1. The van der Waals surface area contributed by atoms with Crippen molar-refractivity contribution in [3.8, 4) is 23.0 Å². The molecule has 7 heteroatoms. The summed E-state index contributed by atoms with van der Waals surface area (Å²) in [5.41, 5.74) is 3.43. The molecular formula is C22H16N2O5. The number of fused-ring (bicyclic) bond motifs is 1. The van der Waals surface area contributed by atoms with Crippen molar-refractivity contribution in [3.63, 3.8) is 0 Å². The molecule has 1 heterocycles. The average Bonchev–Trinajstić information content (AvgIpc) is 3.13. The van der Waals surface area contributed by atoms with Gasteiger partial charge >= 0.3 is 5.97 Å². The summed E-state index contributed by atoms with van der Waals surface area (Å²) in [6.07, 6.45) is 1.36. The summed E-state index contributed by atoms with van der Waals surface area (Å²) in [4.78, 5) is 19.8. The molecule has 0 aliphatic heterocycles. The summed E-state index contributed by atoms with van der Waals surface area (Å²) in [5, 5.41) is 29.3. The molecular weight excluding hydrogens is 372 g/mol. The summed E-state index contributed by atoms with van der Waals surface area (Å²) >= 11 is 0. The third-order valence-electron chi connectivity index (χ3n) is 4.46. The number of aromatic carboxylic acids is 1. The lowest BCUT2D eigenvalue weighted by Crippen LogP contribution is -1.97. The third kappa shape index (κ3) is 3.53. The predicted octanol–water partition coefficient (Wildman–Crippen LogP) is 4.66. The van der Waals surface area contributed by atoms with E-state index in [1.54, 1.807) is 18.2 Å². The van der Waals surface area contributed by atoms with Crippen LogP contribution in [0.5, 0.6) is 11.5 Å². The maximum Gasteiger partial charge on any atom is 0.335 e. The highest BCUT2D eigenvalue weighted by atomic mass is 16.4. The molecule has 0 saturated carbocycles. The van der Waals surface area contributed by atoms with Crippen LogP contribution in [-0.2, 0) is 0 Å². The van der Waals surface area contributed by atoms with E-state index in [1.807, 2.05) is 19.1 Å². The number of carboxylic acids is 1. The van der Waals surface area contributed by atoms with Crippen LogP contribution in [0.4, 0.5) is 5.69 Å². The number of para-hydroxylation sites is 1. The molecule has 4 rings (SSSR count). The van der Waals surface area contributed by atoms with Crippen LogP contribution in [0.2, 0.25) is 0 Å². The Labute approximate surface area is 165 Å². The van der Waals surface area contributed by atoms with Crippen molar-refractivity contribution in [3.05, 3.63) is 71.3 Å². The van der Waals surface area contributed by atoms with Gasteiger partial charge in [0, 0.05) is 11.8 Å². The zero-order valence-electron chi connectivity index (χ0n) is 15.3. The number of phenolic OH excluding ortho intramolecular Hbond substituents is 2. The Morgan fingerprint density at radius 2 is 1.86 bits per heavy atom. The Morgan fingerprint density at radius 1 is 1.07 bits per heavy atom. The molecule has 0 spiro atoms. The number of carbonyl (C=O) groups is 1. The van der Waals surface area contributed by atoms with Crippen LogP contribution in [0.15, 0.2) is 64.0 Å². The van der Waals surface area contributed by atoms with Crippen molar-refractivity contribution in [2.75, 3.05) is 0 Å². The van der Waals surface area contributed by atoms with Crippen LogP contribution in [-0.4, -0.2) is 32.5 Å². The zero-order chi connectivity index (χ0) is 20.5. The fourth-order valence-electron chi connectivity index (χ4n) is 2.91. The minimum absolute atomic E-state index is 0.0103. The fourth-order valence-corrected chi connectivity index (χ4v) is 2.91. The first-order valence-corrected chi connectivity index (χ1v) is 8.72. The van der Waals surface area contributed by atoms with E-state index in [2.05, 4.69) is 9.98 Å². The van der Waals surface area contributed by atoms with Crippen molar-refractivity contribution in [1.29, 1.82) is 0 Å². The lowest BCUT2D eigenvalue weighted by Gasteiger charge is -2.03. The Morgan fingerprint density at radius 3 is 2.62 bits per heavy atom. The van der Waals surface area contributed by atoms with E-state index in [9.17, 15) is 15.0 Å². The highest BCUT2D eigenvalue weighted by Crippen LogP contribution is 2.34. The van der Waals surface area contributed by atoms with E-state index < -0.39 is 5.97 Å². The molecule has 144 valence electrons. The number of oxazole rings is 1. The van der Waals surface area contributed by atoms with Crippen molar-refractivity contribution >= 4 is 29.0 Å². The first-order valence-electron chi connectivity index (χ1n) is 8.72. The van der Waals surface area contributed by atoms with Gasteiger partial charge in [0.2, 0.25) is 5.89 Å². The normalized spacial score (nSPS) is 11.3. The van der Waals surface area contributed by atoms with Crippen molar-refractivity contribution < 1.29 is 24.5 Å². The second-order valence-electron chi connectivity index (χ2n) is 6.48. The number of carboxylic acid groups (broad SMARTS) is 1. The van der Waals surface area contributed by atoms with Gasteiger partial charge in [-0.3, -0.25) is 4.99 Å². The molecule has 3 aromatic carbocycles. The number of aromatic hydroxyl groups is 2. The summed E-state index contributed by atoms with van der Waals surface area (Å²) in [6, 6.07) is 14.2. The van der Waals surface area contributed by atoms with Gasteiger partial charge in [0.15, 0.2) is 5.58 Å². The largest absolute Gasteiger partial charge is 0.507 e. The highest BCUT2D eigenvalue weighted by Gasteiger charge is 2.14. The molecule has 0 fully saturated rings. The standard InChI is InChI=1S/C22H16N2O5/c1-12-3-2-4-19-20(12)24-21(29-19)16-10-15(6-8-18(16)26)23-11-14-9-13(22(27)28)5-7-17(14)25/h2-11,25-26H,1H3,(H,27,28). The molecule has 29 heavy (non-hydrogen) atoms. The average molecular weight is 388 g/mol. The minimum atomic E-state index is -1.10. The number of hydrogen-bond acceptors (Lipinski definition) is 6. The molecule has 0 aliphatic carbocycles. The molecule has 1 aromatic heterocycles. The van der Waals surface area contributed by atoms with Gasteiger partial charge < -0.3 is 19.7 Å². The van der Waals surface area contributed by atoms with Gasteiger partial charge in [-0.25, -0.2) is 9.78 Å². The van der Waals surface area contributed by atoms with Crippen molar-refractivity contribution in [2.24, 2.45) is 4.99 Å². The smallest absolute Gasteiger partial charge is 0.335 e. The molecule has 0 radical (unpaired) electrons. The molecule has 0 bridgehead atoms. The fraction of sp³-hybridized carbons (Fsp3) is 0.0455. The summed E-state index contributed by atoms with van der Waals surface area (Å²) in [6.45, 7) is 1.92. The number of nitrogens with zero attached hydrogens (tertiary/aromatic N) is 2. The Bertz CT molecular complexity index is 1270. The maximum atomic E-state index is 11.1. The van der Waals surface area contributed by atoms with Gasteiger partial charge in [-0.15, -0.1) is 0 Å².